The summed E-state index contributed by atoms with van der Waals surface area (Å²) in [5.41, 5.74) is 2.79. The van der Waals surface area contributed by atoms with Crippen molar-refractivity contribution in [3.8, 4) is 0 Å². The van der Waals surface area contributed by atoms with Gasteiger partial charge in [0, 0.05) is 17.5 Å². The molecule has 4 nitrogen and oxygen atoms in total. The lowest BCUT2D eigenvalue weighted by atomic mass is 10.1. The van der Waals surface area contributed by atoms with Crippen molar-refractivity contribution in [3.63, 3.8) is 0 Å². The number of nitro benzene ring substituents is 1. The summed E-state index contributed by atoms with van der Waals surface area (Å²) >= 11 is 0. The Labute approximate surface area is 121 Å². The number of hydrogen-bond acceptors (Lipinski definition) is 3. The Hall–Kier alpha value is -3.01. The molecule has 0 aliphatic heterocycles. The van der Waals surface area contributed by atoms with Crippen LogP contribution in [0.3, 0.4) is 0 Å². The second kappa shape index (κ2) is 5.54. The van der Waals surface area contributed by atoms with E-state index in [1.54, 1.807) is 12.1 Å². The SMILES string of the molecule is O=[N+]([O-])c1ccc(/C=C/c2ccc3ccccc3n2)cc1. The monoisotopic (exact) mass is 276 g/mol. The van der Waals surface area contributed by atoms with E-state index in [0.29, 0.717) is 0 Å². The molecule has 1 aromatic heterocycles. The Kier molecular flexibility index (Phi) is 3.43. The number of fused-ring (bicyclic) bond motifs is 1. The normalized spacial score (nSPS) is 11.0. The number of non-ortho nitro benzene ring substituents is 1. The van der Waals surface area contributed by atoms with E-state index in [4.69, 9.17) is 0 Å². The van der Waals surface area contributed by atoms with Gasteiger partial charge in [-0.1, -0.05) is 30.3 Å². The lowest BCUT2D eigenvalue weighted by molar-refractivity contribution is -0.384. The Morgan fingerprint density at radius 3 is 2.43 bits per heavy atom. The molecule has 2 aromatic carbocycles. The maximum absolute atomic E-state index is 10.6. The number of hydrogen-bond donors (Lipinski definition) is 0. The quantitative estimate of drug-likeness (QED) is 0.529. The summed E-state index contributed by atoms with van der Waals surface area (Å²) in [4.78, 5) is 14.7. The molecule has 0 fully saturated rings. The van der Waals surface area contributed by atoms with Gasteiger partial charge in [0.2, 0.25) is 0 Å². The standard InChI is InChI=1S/C17H12N2O2/c20-19(21)16-11-6-13(7-12-16)5-9-15-10-8-14-3-1-2-4-17(14)18-15/h1-12H/b9-5+. The number of nitro groups is 1. The third kappa shape index (κ3) is 2.95. The van der Waals surface area contributed by atoms with E-state index in [1.165, 1.54) is 12.1 Å². The van der Waals surface area contributed by atoms with Crippen molar-refractivity contribution in [2.24, 2.45) is 0 Å². The van der Waals surface area contributed by atoms with Crippen LogP contribution in [0.2, 0.25) is 0 Å². The Balaban J connectivity index is 1.85. The first kappa shape index (κ1) is 13.0. The van der Waals surface area contributed by atoms with Crippen molar-refractivity contribution < 1.29 is 4.92 Å². The largest absolute Gasteiger partial charge is 0.269 e. The Bertz CT molecular complexity index is 824. The third-order valence-electron chi connectivity index (χ3n) is 3.17. The fraction of sp³-hybridized carbons (Fsp3) is 0. The second-order valence-corrected chi connectivity index (χ2v) is 4.61. The van der Waals surface area contributed by atoms with Gasteiger partial charge in [-0.3, -0.25) is 10.1 Å². The number of benzene rings is 2. The van der Waals surface area contributed by atoms with Crippen LogP contribution in [-0.2, 0) is 0 Å². The summed E-state index contributed by atoms with van der Waals surface area (Å²) in [5.74, 6) is 0. The van der Waals surface area contributed by atoms with Gasteiger partial charge in [0.1, 0.15) is 0 Å². The molecule has 0 spiro atoms. The van der Waals surface area contributed by atoms with Crippen LogP contribution in [0, 0.1) is 10.1 Å². The molecule has 0 radical (unpaired) electrons. The molecule has 0 aliphatic rings. The topological polar surface area (TPSA) is 56.0 Å². The molecule has 0 aliphatic carbocycles. The summed E-state index contributed by atoms with van der Waals surface area (Å²) in [7, 11) is 0. The Morgan fingerprint density at radius 2 is 1.67 bits per heavy atom. The van der Waals surface area contributed by atoms with Gasteiger partial charge >= 0.3 is 0 Å². The van der Waals surface area contributed by atoms with Crippen LogP contribution in [0.1, 0.15) is 11.3 Å². The smallest absolute Gasteiger partial charge is 0.258 e. The van der Waals surface area contributed by atoms with Gasteiger partial charge in [0.15, 0.2) is 0 Å². The van der Waals surface area contributed by atoms with Gasteiger partial charge < -0.3 is 0 Å². The molecule has 0 saturated heterocycles. The van der Waals surface area contributed by atoms with Gasteiger partial charge in [0.05, 0.1) is 16.1 Å². The lowest BCUT2D eigenvalue weighted by Crippen LogP contribution is -1.86. The highest BCUT2D eigenvalue weighted by atomic mass is 16.6. The number of pyridine rings is 1. The zero-order valence-electron chi connectivity index (χ0n) is 11.1. The van der Waals surface area contributed by atoms with Crippen molar-refractivity contribution in [1.29, 1.82) is 0 Å². The minimum atomic E-state index is -0.404. The first-order valence-corrected chi connectivity index (χ1v) is 6.51. The highest BCUT2D eigenvalue weighted by Gasteiger charge is 2.02. The molecular weight excluding hydrogens is 264 g/mol. The van der Waals surface area contributed by atoms with Gasteiger partial charge in [-0.2, -0.15) is 0 Å². The van der Waals surface area contributed by atoms with Crippen LogP contribution in [0.4, 0.5) is 5.69 Å². The molecule has 0 saturated carbocycles. The number of para-hydroxylation sites is 1. The van der Waals surface area contributed by atoms with E-state index in [2.05, 4.69) is 4.98 Å². The van der Waals surface area contributed by atoms with Crippen molar-refractivity contribution in [2.75, 3.05) is 0 Å². The molecule has 0 N–H and O–H groups in total. The van der Waals surface area contributed by atoms with E-state index in [9.17, 15) is 10.1 Å². The molecule has 0 unspecified atom stereocenters. The van der Waals surface area contributed by atoms with Crippen molar-refractivity contribution in [1.82, 2.24) is 4.98 Å². The second-order valence-electron chi connectivity index (χ2n) is 4.61. The highest BCUT2D eigenvalue weighted by Crippen LogP contribution is 2.16. The number of aromatic nitrogens is 1. The molecule has 1 heterocycles. The average molecular weight is 276 g/mol. The molecule has 0 atom stereocenters. The Morgan fingerprint density at radius 1 is 0.905 bits per heavy atom. The van der Waals surface area contributed by atoms with E-state index in [1.807, 2.05) is 48.6 Å². The van der Waals surface area contributed by atoms with Crippen LogP contribution in [-0.4, -0.2) is 9.91 Å². The van der Waals surface area contributed by atoms with Crippen molar-refractivity contribution in [2.45, 2.75) is 0 Å². The van der Waals surface area contributed by atoms with Crippen LogP contribution in [0.15, 0.2) is 60.7 Å². The van der Waals surface area contributed by atoms with Gasteiger partial charge in [-0.15, -0.1) is 0 Å². The lowest BCUT2D eigenvalue weighted by Gasteiger charge is -1.98. The fourth-order valence-corrected chi connectivity index (χ4v) is 2.06. The van der Waals surface area contributed by atoms with Crippen LogP contribution >= 0.6 is 0 Å². The molecular formula is C17H12N2O2. The van der Waals surface area contributed by atoms with Gasteiger partial charge in [-0.25, -0.2) is 4.98 Å². The third-order valence-corrected chi connectivity index (χ3v) is 3.17. The first-order chi connectivity index (χ1) is 10.2. The molecule has 3 aromatic rings. The molecule has 3 rings (SSSR count). The summed E-state index contributed by atoms with van der Waals surface area (Å²) in [6.45, 7) is 0. The summed E-state index contributed by atoms with van der Waals surface area (Å²) in [6, 6.07) is 18.3. The minimum Gasteiger partial charge on any atom is -0.258 e. The molecule has 102 valence electrons. The average Bonchev–Trinajstić information content (AvgIpc) is 2.53. The van der Waals surface area contributed by atoms with E-state index >= 15 is 0 Å². The van der Waals surface area contributed by atoms with E-state index in [-0.39, 0.29) is 5.69 Å². The van der Waals surface area contributed by atoms with E-state index < -0.39 is 4.92 Å². The first-order valence-electron chi connectivity index (χ1n) is 6.51. The molecule has 21 heavy (non-hydrogen) atoms. The molecule has 4 heteroatoms. The van der Waals surface area contributed by atoms with E-state index in [0.717, 1.165) is 22.2 Å². The number of nitrogens with zero attached hydrogens (tertiary/aromatic N) is 2. The summed E-state index contributed by atoms with van der Waals surface area (Å²) in [5, 5.41) is 11.7. The van der Waals surface area contributed by atoms with Gasteiger partial charge in [-0.05, 0) is 35.9 Å². The summed E-state index contributed by atoms with van der Waals surface area (Å²) in [6.07, 6.45) is 3.79. The van der Waals surface area contributed by atoms with Crippen LogP contribution in [0.5, 0.6) is 0 Å². The highest BCUT2D eigenvalue weighted by molar-refractivity contribution is 5.80. The van der Waals surface area contributed by atoms with Crippen LogP contribution < -0.4 is 0 Å². The minimum absolute atomic E-state index is 0.0935. The maximum atomic E-state index is 10.6. The van der Waals surface area contributed by atoms with Crippen molar-refractivity contribution in [3.05, 3.63) is 82.0 Å². The predicted molar refractivity (Wildman–Crippen MR) is 83.8 cm³/mol. The van der Waals surface area contributed by atoms with Gasteiger partial charge in [0.25, 0.3) is 5.69 Å². The predicted octanol–water partition coefficient (Wildman–Crippen LogP) is 4.31. The zero-order chi connectivity index (χ0) is 14.7. The maximum Gasteiger partial charge on any atom is 0.269 e. The summed E-state index contributed by atoms with van der Waals surface area (Å²) < 4.78 is 0. The molecule has 0 amide bonds. The van der Waals surface area contributed by atoms with Crippen LogP contribution in [0.25, 0.3) is 23.1 Å². The zero-order valence-corrected chi connectivity index (χ0v) is 11.1. The fourth-order valence-electron chi connectivity index (χ4n) is 2.06. The number of rotatable bonds is 3. The van der Waals surface area contributed by atoms with Crippen molar-refractivity contribution >= 4 is 28.7 Å². The molecule has 0 bridgehead atoms.